The summed E-state index contributed by atoms with van der Waals surface area (Å²) in [7, 11) is 2.28. The largest absolute Gasteiger partial charge is 0.335 e. The molecule has 2 nitrogen and oxygen atoms in total. The Morgan fingerprint density at radius 2 is 1.50 bits per heavy atom. The lowest BCUT2D eigenvalue weighted by Gasteiger charge is -2.39. The molecule has 0 radical (unpaired) electrons. The van der Waals surface area contributed by atoms with E-state index in [1.54, 1.807) is 4.90 Å². The van der Waals surface area contributed by atoms with Gasteiger partial charge in [0.15, 0.2) is 0 Å². The summed E-state index contributed by atoms with van der Waals surface area (Å²) >= 11 is 0. The van der Waals surface area contributed by atoms with Crippen LogP contribution in [0.4, 0.5) is 0 Å². The van der Waals surface area contributed by atoms with Gasteiger partial charge in [0.25, 0.3) is 0 Å². The van der Waals surface area contributed by atoms with Gasteiger partial charge in [-0.3, -0.25) is 4.90 Å². The van der Waals surface area contributed by atoms with Crippen molar-refractivity contribution in [2.75, 3.05) is 33.2 Å². The second-order valence-corrected chi connectivity index (χ2v) is 4.61. The van der Waals surface area contributed by atoms with Crippen LogP contribution in [-0.4, -0.2) is 43.7 Å². The minimum Gasteiger partial charge on any atom is -0.335 e. The number of nitrogens with one attached hydrogen (secondary N) is 1. The van der Waals surface area contributed by atoms with Gasteiger partial charge >= 0.3 is 0 Å². The first-order valence-electron chi connectivity index (χ1n) is 4.56. The van der Waals surface area contributed by atoms with Crippen molar-refractivity contribution in [3.63, 3.8) is 0 Å². The van der Waals surface area contributed by atoms with Crippen LogP contribution >= 0.6 is 0 Å². The topological polar surface area (TPSA) is 7.68 Å². The van der Waals surface area contributed by atoms with Crippen LogP contribution in [0.25, 0.3) is 0 Å². The molecule has 1 fully saturated rings. The average Bonchev–Trinajstić information content (AvgIpc) is 1.86. The van der Waals surface area contributed by atoms with Gasteiger partial charge in [0, 0.05) is 18.6 Å². The molecular weight excluding hydrogens is 148 g/mol. The predicted molar refractivity (Wildman–Crippen MR) is 54.7 cm³/mol. The molecule has 1 aliphatic rings. The standard InChI is InChI=1S/C9H20N2.CH4/c1-9(2,3)11-7-5-10(4)6-8-11;/h5-8H2,1-4H3;1H4/p+1. The van der Waals surface area contributed by atoms with E-state index in [0.717, 1.165) is 0 Å². The van der Waals surface area contributed by atoms with Crippen molar-refractivity contribution in [1.82, 2.24) is 4.90 Å². The molecule has 0 aliphatic carbocycles. The van der Waals surface area contributed by atoms with E-state index in [0.29, 0.717) is 5.54 Å². The fourth-order valence-electron chi connectivity index (χ4n) is 1.56. The van der Waals surface area contributed by atoms with Crippen molar-refractivity contribution in [2.45, 2.75) is 33.7 Å². The monoisotopic (exact) mass is 173 g/mol. The number of rotatable bonds is 0. The normalized spacial score (nSPS) is 22.0. The van der Waals surface area contributed by atoms with E-state index in [1.165, 1.54) is 26.2 Å². The highest BCUT2D eigenvalue weighted by atomic mass is 15.3. The van der Waals surface area contributed by atoms with Crippen molar-refractivity contribution in [3.05, 3.63) is 0 Å². The summed E-state index contributed by atoms with van der Waals surface area (Å²) < 4.78 is 0. The zero-order valence-corrected chi connectivity index (χ0v) is 8.28. The highest BCUT2D eigenvalue weighted by molar-refractivity contribution is 4.76. The molecule has 12 heavy (non-hydrogen) atoms. The molecule has 2 heteroatoms. The first-order valence-corrected chi connectivity index (χ1v) is 4.56. The highest BCUT2D eigenvalue weighted by Gasteiger charge is 2.25. The maximum Gasteiger partial charge on any atom is 0.0898 e. The molecule has 0 aromatic carbocycles. The first kappa shape index (κ1) is 11.9. The van der Waals surface area contributed by atoms with Crippen LogP contribution in [0.1, 0.15) is 28.2 Å². The minimum atomic E-state index is 0. The Morgan fingerprint density at radius 1 is 1.08 bits per heavy atom. The molecule has 74 valence electrons. The van der Waals surface area contributed by atoms with Gasteiger partial charge in [0.05, 0.1) is 20.1 Å². The second-order valence-electron chi connectivity index (χ2n) is 4.61. The van der Waals surface area contributed by atoms with Gasteiger partial charge in [-0.25, -0.2) is 0 Å². The van der Waals surface area contributed by atoms with Crippen LogP contribution < -0.4 is 4.90 Å². The van der Waals surface area contributed by atoms with Crippen molar-refractivity contribution in [3.8, 4) is 0 Å². The van der Waals surface area contributed by atoms with Crippen LogP contribution in [0.2, 0.25) is 0 Å². The number of piperazine rings is 1. The average molecular weight is 173 g/mol. The summed E-state index contributed by atoms with van der Waals surface area (Å²) in [6.45, 7) is 12.0. The van der Waals surface area contributed by atoms with E-state index >= 15 is 0 Å². The molecule has 0 aromatic heterocycles. The van der Waals surface area contributed by atoms with Crippen LogP contribution in [0.5, 0.6) is 0 Å². The van der Waals surface area contributed by atoms with Crippen molar-refractivity contribution >= 4 is 0 Å². The van der Waals surface area contributed by atoms with Crippen LogP contribution in [-0.2, 0) is 0 Å². The molecule has 0 bridgehead atoms. The zero-order valence-electron chi connectivity index (χ0n) is 8.28. The smallest absolute Gasteiger partial charge is 0.0898 e. The Balaban J connectivity index is 0.00000121. The lowest BCUT2D eigenvalue weighted by Crippen LogP contribution is -3.12. The molecule has 0 aromatic rings. The molecule has 1 rings (SSSR count). The van der Waals surface area contributed by atoms with E-state index in [9.17, 15) is 0 Å². The van der Waals surface area contributed by atoms with Gasteiger partial charge in [0.1, 0.15) is 0 Å². The summed E-state index contributed by atoms with van der Waals surface area (Å²) in [4.78, 5) is 4.24. The molecule has 0 spiro atoms. The SMILES string of the molecule is C.C[NH+]1CCN(C(C)(C)C)CC1. The number of quaternary nitrogens is 1. The summed E-state index contributed by atoms with van der Waals surface area (Å²) in [6, 6.07) is 0. The molecule has 0 amide bonds. The third kappa shape index (κ3) is 3.11. The predicted octanol–water partition coefficient (Wildman–Crippen LogP) is 0.251. The van der Waals surface area contributed by atoms with E-state index in [2.05, 4.69) is 32.7 Å². The number of hydrogen-bond donors (Lipinski definition) is 1. The van der Waals surface area contributed by atoms with Gasteiger partial charge in [-0.1, -0.05) is 7.43 Å². The Morgan fingerprint density at radius 3 is 1.83 bits per heavy atom. The molecule has 1 heterocycles. The lowest BCUT2D eigenvalue weighted by atomic mass is 10.1. The summed E-state index contributed by atoms with van der Waals surface area (Å²) in [5.74, 6) is 0. The number of hydrogen-bond acceptors (Lipinski definition) is 1. The molecular formula is C10H25N2+. The maximum absolute atomic E-state index is 2.57. The van der Waals surface area contributed by atoms with E-state index in [4.69, 9.17) is 0 Å². The maximum atomic E-state index is 2.57. The molecule has 1 N–H and O–H groups in total. The van der Waals surface area contributed by atoms with Crippen LogP contribution in [0.3, 0.4) is 0 Å². The second kappa shape index (κ2) is 4.24. The Kier molecular flexibility index (Phi) is 4.21. The van der Waals surface area contributed by atoms with E-state index < -0.39 is 0 Å². The van der Waals surface area contributed by atoms with Crippen molar-refractivity contribution in [1.29, 1.82) is 0 Å². The van der Waals surface area contributed by atoms with Gasteiger partial charge < -0.3 is 4.90 Å². The molecule has 1 saturated heterocycles. The highest BCUT2D eigenvalue weighted by Crippen LogP contribution is 2.11. The first-order chi connectivity index (χ1) is 5.00. The van der Waals surface area contributed by atoms with E-state index in [1.807, 2.05) is 0 Å². The summed E-state index contributed by atoms with van der Waals surface area (Å²) in [5, 5.41) is 0. The van der Waals surface area contributed by atoms with Crippen molar-refractivity contribution < 1.29 is 4.90 Å². The number of nitrogens with zero attached hydrogens (tertiary/aromatic N) is 1. The Hall–Kier alpha value is -0.0800. The Labute approximate surface area is 77.5 Å². The molecule has 0 saturated carbocycles. The van der Waals surface area contributed by atoms with Crippen LogP contribution in [0, 0.1) is 0 Å². The fourth-order valence-corrected chi connectivity index (χ4v) is 1.56. The van der Waals surface area contributed by atoms with Crippen LogP contribution in [0.15, 0.2) is 0 Å². The Bertz CT molecular complexity index is 118. The van der Waals surface area contributed by atoms with Gasteiger partial charge in [-0.2, -0.15) is 0 Å². The summed E-state index contributed by atoms with van der Waals surface area (Å²) in [5.41, 5.74) is 0.376. The third-order valence-electron chi connectivity index (χ3n) is 2.57. The third-order valence-corrected chi connectivity index (χ3v) is 2.57. The molecule has 1 aliphatic heterocycles. The van der Waals surface area contributed by atoms with Crippen molar-refractivity contribution in [2.24, 2.45) is 0 Å². The lowest BCUT2D eigenvalue weighted by molar-refractivity contribution is -0.884. The minimum absolute atomic E-state index is 0. The van der Waals surface area contributed by atoms with Gasteiger partial charge in [-0.05, 0) is 20.8 Å². The molecule has 0 atom stereocenters. The molecule has 0 unspecified atom stereocenters. The summed E-state index contributed by atoms with van der Waals surface area (Å²) in [6.07, 6.45) is 0. The fraction of sp³-hybridized carbons (Fsp3) is 1.00. The quantitative estimate of drug-likeness (QED) is 0.552. The zero-order chi connectivity index (χ0) is 8.48. The van der Waals surface area contributed by atoms with Gasteiger partial charge in [-0.15, -0.1) is 0 Å². The van der Waals surface area contributed by atoms with E-state index in [-0.39, 0.29) is 7.43 Å². The number of likely N-dealkylation sites (N-methyl/N-ethyl adjacent to an activating group) is 1. The van der Waals surface area contributed by atoms with Gasteiger partial charge in [0.2, 0.25) is 0 Å².